The molecule has 1 rings (SSSR count). The van der Waals surface area contributed by atoms with Crippen molar-refractivity contribution >= 4 is 0 Å². The highest BCUT2D eigenvalue weighted by Crippen LogP contribution is 2.15. The van der Waals surface area contributed by atoms with Gasteiger partial charge in [0.05, 0.1) is 0 Å². The lowest BCUT2D eigenvalue weighted by Gasteiger charge is -2.04. The minimum atomic E-state index is 1.32. The SMILES string of the molecule is C1=C/CCCCCCCCCCCCCCCCCCCCCCC/1. The molecule has 1 aliphatic rings. The molecule has 1 aliphatic carbocycles. The first-order valence-corrected chi connectivity index (χ1v) is 12.1. The minimum Gasteiger partial charge on any atom is -0.0885 e. The van der Waals surface area contributed by atoms with E-state index in [0.29, 0.717) is 0 Å². The van der Waals surface area contributed by atoms with Crippen molar-refractivity contribution in [3.05, 3.63) is 12.2 Å². The molecule has 25 heavy (non-hydrogen) atoms. The molecule has 0 heteroatoms. The number of hydrogen-bond acceptors (Lipinski definition) is 0. The lowest BCUT2D eigenvalue weighted by molar-refractivity contribution is 0.520. The molecule has 0 nitrogen and oxygen atoms in total. The van der Waals surface area contributed by atoms with Gasteiger partial charge in [-0.2, -0.15) is 0 Å². The Balaban J connectivity index is 2.04. The molecule has 0 heterocycles. The molecule has 0 bridgehead atoms. The Kier molecular flexibility index (Phi) is 18.3. The summed E-state index contributed by atoms with van der Waals surface area (Å²) in [4.78, 5) is 0. The summed E-state index contributed by atoms with van der Waals surface area (Å²) in [5, 5.41) is 0. The van der Waals surface area contributed by atoms with Crippen molar-refractivity contribution in [1.29, 1.82) is 0 Å². The summed E-state index contributed by atoms with van der Waals surface area (Å²) in [5.74, 6) is 0. The molecule has 148 valence electrons. The Morgan fingerprint density at radius 2 is 0.360 bits per heavy atom. The zero-order valence-electron chi connectivity index (χ0n) is 17.4. The first-order valence-electron chi connectivity index (χ1n) is 12.1. The van der Waals surface area contributed by atoms with Gasteiger partial charge in [-0.25, -0.2) is 0 Å². The van der Waals surface area contributed by atoms with E-state index in [1.165, 1.54) is 148 Å². The third-order valence-electron chi connectivity index (χ3n) is 5.91. The van der Waals surface area contributed by atoms with Gasteiger partial charge in [-0.15, -0.1) is 0 Å². The van der Waals surface area contributed by atoms with E-state index in [1.807, 2.05) is 0 Å². The van der Waals surface area contributed by atoms with Gasteiger partial charge < -0.3 is 0 Å². The van der Waals surface area contributed by atoms with Gasteiger partial charge in [0.15, 0.2) is 0 Å². The van der Waals surface area contributed by atoms with Crippen molar-refractivity contribution in [3.8, 4) is 0 Å². The molecule has 0 saturated carbocycles. The van der Waals surface area contributed by atoms with Crippen LogP contribution in [0.15, 0.2) is 12.2 Å². The van der Waals surface area contributed by atoms with Gasteiger partial charge in [0.2, 0.25) is 0 Å². The Hall–Kier alpha value is -0.260. The van der Waals surface area contributed by atoms with Crippen LogP contribution < -0.4 is 0 Å². The van der Waals surface area contributed by atoms with Crippen molar-refractivity contribution in [1.82, 2.24) is 0 Å². The van der Waals surface area contributed by atoms with Crippen LogP contribution in [0.5, 0.6) is 0 Å². The summed E-state index contributed by atoms with van der Waals surface area (Å²) in [6.07, 6.45) is 38.5. The Morgan fingerprint density at radius 1 is 0.200 bits per heavy atom. The molecule has 0 amide bonds. The smallest absolute Gasteiger partial charge is 0.0351 e. The van der Waals surface area contributed by atoms with Crippen LogP contribution >= 0.6 is 0 Å². The van der Waals surface area contributed by atoms with Gasteiger partial charge in [0, 0.05) is 0 Å². The zero-order valence-corrected chi connectivity index (χ0v) is 17.4. The second-order valence-electron chi connectivity index (χ2n) is 8.47. The molecular formula is C25H48. The third kappa shape index (κ3) is 18.3. The van der Waals surface area contributed by atoms with Crippen LogP contribution in [-0.4, -0.2) is 0 Å². The largest absolute Gasteiger partial charge is 0.0885 e. The maximum atomic E-state index is 2.45. The van der Waals surface area contributed by atoms with Gasteiger partial charge in [0.25, 0.3) is 0 Å². The van der Waals surface area contributed by atoms with E-state index in [1.54, 1.807) is 0 Å². The van der Waals surface area contributed by atoms with Gasteiger partial charge in [-0.05, 0) is 25.7 Å². The summed E-state index contributed by atoms with van der Waals surface area (Å²) >= 11 is 0. The summed E-state index contributed by atoms with van der Waals surface area (Å²) in [6.45, 7) is 0. The van der Waals surface area contributed by atoms with Crippen LogP contribution in [0.4, 0.5) is 0 Å². The van der Waals surface area contributed by atoms with Crippen molar-refractivity contribution in [2.24, 2.45) is 0 Å². The fraction of sp³-hybridized carbons (Fsp3) is 0.920. The van der Waals surface area contributed by atoms with Gasteiger partial charge in [-0.3, -0.25) is 0 Å². The Bertz CT molecular complexity index is 239. The number of rotatable bonds is 0. The normalized spacial score (nSPS) is 24.6. The summed E-state index contributed by atoms with van der Waals surface area (Å²) in [6, 6.07) is 0. The minimum absolute atomic E-state index is 1.32. The molecule has 0 aliphatic heterocycles. The second-order valence-corrected chi connectivity index (χ2v) is 8.47. The molecule has 0 aromatic rings. The highest BCUT2D eigenvalue weighted by molar-refractivity contribution is 4.81. The Labute approximate surface area is 160 Å². The van der Waals surface area contributed by atoms with Crippen LogP contribution in [-0.2, 0) is 0 Å². The van der Waals surface area contributed by atoms with E-state index >= 15 is 0 Å². The number of allylic oxidation sites excluding steroid dienone is 2. The van der Waals surface area contributed by atoms with E-state index in [-0.39, 0.29) is 0 Å². The van der Waals surface area contributed by atoms with Crippen molar-refractivity contribution in [2.75, 3.05) is 0 Å². The van der Waals surface area contributed by atoms with E-state index in [4.69, 9.17) is 0 Å². The van der Waals surface area contributed by atoms with Crippen LogP contribution in [0.1, 0.15) is 148 Å². The maximum absolute atomic E-state index is 2.45. The molecule has 0 aromatic heterocycles. The molecule has 0 saturated heterocycles. The van der Waals surface area contributed by atoms with Crippen LogP contribution in [0.2, 0.25) is 0 Å². The first-order chi connectivity index (χ1) is 12.5. The monoisotopic (exact) mass is 348 g/mol. The third-order valence-corrected chi connectivity index (χ3v) is 5.91. The molecule has 0 spiro atoms. The molecule has 0 atom stereocenters. The summed E-state index contributed by atoms with van der Waals surface area (Å²) in [5.41, 5.74) is 0. The average Bonchev–Trinajstić information content (AvgIpc) is 2.62. The Morgan fingerprint density at radius 3 is 0.560 bits per heavy atom. The average molecular weight is 349 g/mol. The van der Waals surface area contributed by atoms with E-state index in [0.717, 1.165) is 0 Å². The molecule has 0 unspecified atom stereocenters. The van der Waals surface area contributed by atoms with E-state index < -0.39 is 0 Å². The fourth-order valence-corrected chi connectivity index (χ4v) is 4.12. The zero-order chi connectivity index (χ0) is 17.7. The molecule has 0 fully saturated rings. The maximum Gasteiger partial charge on any atom is -0.0351 e. The molecule has 0 aromatic carbocycles. The van der Waals surface area contributed by atoms with Crippen LogP contribution in [0.25, 0.3) is 0 Å². The van der Waals surface area contributed by atoms with Crippen molar-refractivity contribution in [2.45, 2.75) is 148 Å². The molecule has 0 radical (unpaired) electrons. The lowest BCUT2D eigenvalue weighted by Crippen LogP contribution is -1.84. The summed E-state index contributed by atoms with van der Waals surface area (Å²) < 4.78 is 0. The van der Waals surface area contributed by atoms with Gasteiger partial charge in [-0.1, -0.05) is 134 Å². The summed E-state index contributed by atoms with van der Waals surface area (Å²) in [7, 11) is 0. The topological polar surface area (TPSA) is 0 Å². The van der Waals surface area contributed by atoms with Gasteiger partial charge in [0.1, 0.15) is 0 Å². The quantitative estimate of drug-likeness (QED) is 0.382. The van der Waals surface area contributed by atoms with Crippen LogP contribution in [0.3, 0.4) is 0 Å². The highest BCUT2D eigenvalue weighted by Gasteiger charge is 1.96. The second kappa shape index (κ2) is 20.1. The van der Waals surface area contributed by atoms with Crippen LogP contribution in [0, 0.1) is 0 Å². The van der Waals surface area contributed by atoms with Crippen molar-refractivity contribution < 1.29 is 0 Å². The standard InChI is InChI=1S/C25H48/c1-2-4-6-8-10-12-14-16-18-20-22-24-25-23-21-19-17-15-13-11-9-7-5-3-1/h1-2H,3-25H2/b2-1+. The number of hydrogen-bond donors (Lipinski definition) is 0. The highest BCUT2D eigenvalue weighted by atomic mass is 14.0. The molecular weight excluding hydrogens is 300 g/mol. The van der Waals surface area contributed by atoms with E-state index in [9.17, 15) is 0 Å². The fourth-order valence-electron chi connectivity index (χ4n) is 4.12. The first kappa shape index (κ1) is 22.8. The predicted molar refractivity (Wildman–Crippen MR) is 115 cm³/mol. The molecule has 0 N–H and O–H groups in total. The predicted octanol–water partition coefficient (Wildman–Crippen LogP) is 9.53. The van der Waals surface area contributed by atoms with Crippen molar-refractivity contribution in [3.63, 3.8) is 0 Å². The van der Waals surface area contributed by atoms with E-state index in [2.05, 4.69) is 12.2 Å². The lowest BCUT2D eigenvalue weighted by atomic mass is 10.0. The van der Waals surface area contributed by atoms with Gasteiger partial charge >= 0.3 is 0 Å².